The van der Waals surface area contributed by atoms with Crippen molar-refractivity contribution in [2.45, 2.75) is 82.2 Å². The number of carboxylic acid groups (broad SMARTS) is 1. The number of aliphatic hydroxyl groups is 2. The van der Waals surface area contributed by atoms with Gasteiger partial charge in [0.2, 0.25) is 0 Å². The molecule has 1 aliphatic carbocycles. The fourth-order valence-electron chi connectivity index (χ4n) is 4.23. The molecule has 0 spiro atoms. The molecule has 1 aromatic rings. The third kappa shape index (κ3) is 9.81. The van der Waals surface area contributed by atoms with Crippen LogP contribution in [0.2, 0.25) is 5.02 Å². The molecular weight excluding hydrogens is 460 g/mol. The van der Waals surface area contributed by atoms with Crippen LogP contribution >= 0.6 is 23.4 Å². The number of hydrogen-bond acceptors (Lipinski definition) is 5. The van der Waals surface area contributed by atoms with E-state index in [1.807, 2.05) is 24.3 Å². The first-order chi connectivity index (χ1) is 15.8. The van der Waals surface area contributed by atoms with Crippen LogP contribution in [0.15, 0.2) is 36.4 Å². The first-order valence-corrected chi connectivity index (χ1v) is 13.4. The molecule has 5 nitrogen and oxygen atoms in total. The van der Waals surface area contributed by atoms with Crippen molar-refractivity contribution in [1.82, 2.24) is 0 Å². The van der Waals surface area contributed by atoms with Crippen molar-refractivity contribution in [3.8, 4) is 0 Å². The lowest BCUT2D eigenvalue weighted by atomic mass is 9.94. The van der Waals surface area contributed by atoms with Gasteiger partial charge in [0, 0.05) is 28.4 Å². The summed E-state index contributed by atoms with van der Waals surface area (Å²) in [4.78, 5) is 24.0. The number of halogens is 1. The lowest BCUT2D eigenvalue weighted by molar-refractivity contribution is -0.141. The number of carboxylic acids is 1. The van der Waals surface area contributed by atoms with Crippen molar-refractivity contribution >= 4 is 35.1 Å². The summed E-state index contributed by atoms with van der Waals surface area (Å²) in [5.41, 5.74) is 0.943. The number of unbranched alkanes of at least 4 members (excludes halogenated alkanes) is 2. The summed E-state index contributed by atoms with van der Waals surface area (Å²) < 4.78 is 0. The predicted molar refractivity (Wildman–Crippen MR) is 135 cm³/mol. The maximum absolute atomic E-state index is 12.4. The second-order valence-corrected chi connectivity index (χ2v) is 10.6. The molecule has 33 heavy (non-hydrogen) atoms. The van der Waals surface area contributed by atoms with E-state index < -0.39 is 24.1 Å². The van der Waals surface area contributed by atoms with E-state index in [9.17, 15) is 24.9 Å². The maximum Gasteiger partial charge on any atom is 0.306 e. The Labute approximate surface area is 206 Å². The van der Waals surface area contributed by atoms with E-state index in [1.165, 1.54) is 11.8 Å². The Balaban J connectivity index is 1.80. The van der Waals surface area contributed by atoms with E-state index in [1.54, 1.807) is 12.1 Å². The van der Waals surface area contributed by atoms with Gasteiger partial charge < -0.3 is 15.3 Å². The van der Waals surface area contributed by atoms with E-state index >= 15 is 0 Å². The zero-order valence-corrected chi connectivity index (χ0v) is 20.9. The first-order valence-electron chi connectivity index (χ1n) is 11.9. The fraction of sp³-hybridized carbons (Fsp3) is 0.615. The standard InChI is InChI=1S/C26H37ClO5S/c1-2-3-5-9-21(28)17-33-25-22(23(29)16-24(25)30)10-7-4-6-8-19(26(31)32)15-18-11-13-20(27)14-12-18/h4,7,11-14,19,21-22,24-25,28,30H,2-3,5-6,8-10,15-17H2,1H3,(H,31,32)/t19?,21?,22-,24?,25+/m0/s1. The van der Waals surface area contributed by atoms with E-state index in [-0.39, 0.29) is 23.4 Å². The van der Waals surface area contributed by atoms with Gasteiger partial charge in [-0.1, -0.05) is 62.1 Å². The highest BCUT2D eigenvalue weighted by molar-refractivity contribution is 8.00. The van der Waals surface area contributed by atoms with Gasteiger partial charge in [-0.05, 0) is 49.8 Å². The molecule has 1 saturated carbocycles. The zero-order valence-electron chi connectivity index (χ0n) is 19.4. The molecule has 2 rings (SSSR count). The van der Waals surface area contributed by atoms with Gasteiger partial charge in [0.1, 0.15) is 5.78 Å². The smallest absolute Gasteiger partial charge is 0.306 e. The minimum absolute atomic E-state index is 0.0660. The Morgan fingerprint density at radius 2 is 1.94 bits per heavy atom. The lowest BCUT2D eigenvalue weighted by Crippen LogP contribution is -2.25. The van der Waals surface area contributed by atoms with Crippen LogP contribution in [0.5, 0.6) is 0 Å². The molecule has 7 heteroatoms. The van der Waals surface area contributed by atoms with Gasteiger partial charge in [0.05, 0.1) is 18.1 Å². The number of carbonyl (C=O) groups excluding carboxylic acids is 1. The van der Waals surface area contributed by atoms with Crippen LogP contribution in [-0.2, 0) is 16.0 Å². The van der Waals surface area contributed by atoms with Gasteiger partial charge >= 0.3 is 5.97 Å². The number of aliphatic hydroxyl groups excluding tert-OH is 2. The van der Waals surface area contributed by atoms with Crippen molar-refractivity contribution < 1.29 is 24.9 Å². The molecular formula is C26H37ClO5S. The van der Waals surface area contributed by atoms with Crippen LogP contribution in [0.3, 0.4) is 0 Å². The number of aliphatic carboxylic acids is 1. The normalized spacial score (nSPS) is 22.7. The SMILES string of the molecule is CCCCCC(O)CS[C@H]1C(O)CC(=O)[C@@H]1CC=CCCC(Cc1ccc(Cl)cc1)C(=O)O. The van der Waals surface area contributed by atoms with Crippen LogP contribution in [-0.4, -0.2) is 50.3 Å². The van der Waals surface area contributed by atoms with Crippen molar-refractivity contribution in [3.05, 3.63) is 47.0 Å². The third-order valence-electron chi connectivity index (χ3n) is 6.20. The molecule has 0 aromatic heterocycles. The van der Waals surface area contributed by atoms with Gasteiger partial charge in [-0.3, -0.25) is 9.59 Å². The Bertz CT molecular complexity index is 766. The van der Waals surface area contributed by atoms with Gasteiger partial charge in [-0.15, -0.1) is 0 Å². The molecule has 0 amide bonds. The molecule has 5 atom stereocenters. The summed E-state index contributed by atoms with van der Waals surface area (Å²) in [7, 11) is 0. The van der Waals surface area contributed by atoms with Crippen LogP contribution in [0.4, 0.5) is 0 Å². The average Bonchev–Trinajstić information content (AvgIpc) is 3.04. The molecule has 1 aromatic carbocycles. The summed E-state index contributed by atoms with van der Waals surface area (Å²) in [6.07, 6.45) is 9.04. The van der Waals surface area contributed by atoms with E-state index in [2.05, 4.69) is 6.92 Å². The summed E-state index contributed by atoms with van der Waals surface area (Å²) >= 11 is 7.40. The number of Topliss-reactive ketones (excluding diaryl/α,β-unsaturated/α-hetero) is 1. The van der Waals surface area contributed by atoms with Crippen molar-refractivity contribution in [2.75, 3.05) is 5.75 Å². The van der Waals surface area contributed by atoms with Crippen molar-refractivity contribution in [3.63, 3.8) is 0 Å². The summed E-state index contributed by atoms with van der Waals surface area (Å²) in [5, 5.41) is 30.5. The van der Waals surface area contributed by atoms with Gasteiger partial charge in [0.25, 0.3) is 0 Å². The maximum atomic E-state index is 12.4. The second kappa shape index (κ2) is 14.8. The highest BCUT2D eigenvalue weighted by Gasteiger charge is 2.41. The number of allylic oxidation sites excluding steroid dienone is 2. The lowest BCUT2D eigenvalue weighted by Gasteiger charge is -2.21. The molecule has 1 aliphatic rings. The van der Waals surface area contributed by atoms with Gasteiger partial charge in [-0.2, -0.15) is 11.8 Å². The molecule has 3 unspecified atom stereocenters. The number of ketones is 1. The topological polar surface area (TPSA) is 94.8 Å². The fourth-order valence-corrected chi connectivity index (χ4v) is 5.78. The quantitative estimate of drug-likeness (QED) is 0.225. The molecule has 0 radical (unpaired) electrons. The number of thioether (sulfide) groups is 1. The number of rotatable bonds is 15. The molecule has 1 fully saturated rings. The molecule has 0 aliphatic heterocycles. The number of carbonyl (C=O) groups is 2. The van der Waals surface area contributed by atoms with Gasteiger partial charge in [0.15, 0.2) is 0 Å². The monoisotopic (exact) mass is 496 g/mol. The van der Waals surface area contributed by atoms with Gasteiger partial charge in [-0.25, -0.2) is 0 Å². The summed E-state index contributed by atoms with van der Waals surface area (Å²) in [6, 6.07) is 7.23. The minimum Gasteiger partial charge on any atom is -0.481 e. The Morgan fingerprint density at radius 1 is 1.21 bits per heavy atom. The third-order valence-corrected chi connectivity index (χ3v) is 8.06. The highest BCUT2D eigenvalue weighted by atomic mass is 35.5. The van der Waals surface area contributed by atoms with Crippen LogP contribution in [0, 0.1) is 11.8 Å². The number of hydrogen-bond donors (Lipinski definition) is 3. The molecule has 3 N–H and O–H groups in total. The Morgan fingerprint density at radius 3 is 2.61 bits per heavy atom. The van der Waals surface area contributed by atoms with Crippen LogP contribution < -0.4 is 0 Å². The minimum atomic E-state index is -0.818. The largest absolute Gasteiger partial charge is 0.481 e. The Hall–Kier alpha value is -1.34. The molecule has 0 bridgehead atoms. The second-order valence-electron chi connectivity index (χ2n) is 8.94. The summed E-state index contributed by atoms with van der Waals surface area (Å²) in [5.74, 6) is -0.960. The zero-order chi connectivity index (χ0) is 24.2. The summed E-state index contributed by atoms with van der Waals surface area (Å²) in [6.45, 7) is 2.13. The molecule has 0 saturated heterocycles. The highest BCUT2D eigenvalue weighted by Crippen LogP contribution is 2.36. The molecule has 184 valence electrons. The molecule has 0 heterocycles. The predicted octanol–water partition coefficient (Wildman–Crippen LogP) is 5.30. The van der Waals surface area contributed by atoms with Crippen molar-refractivity contribution in [2.24, 2.45) is 11.8 Å². The number of benzene rings is 1. The Kier molecular flexibility index (Phi) is 12.5. The van der Waals surface area contributed by atoms with Crippen LogP contribution in [0.1, 0.15) is 63.9 Å². The van der Waals surface area contributed by atoms with Crippen molar-refractivity contribution in [1.29, 1.82) is 0 Å². The average molecular weight is 497 g/mol. The first kappa shape index (κ1) is 27.9. The van der Waals surface area contributed by atoms with Crippen LogP contribution in [0.25, 0.3) is 0 Å². The van der Waals surface area contributed by atoms with E-state index in [0.29, 0.717) is 36.5 Å². The van der Waals surface area contributed by atoms with E-state index in [0.717, 1.165) is 31.2 Å². The van der Waals surface area contributed by atoms with E-state index in [4.69, 9.17) is 11.6 Å².